The largest absolute Gasteiger partial charge is 0.348 e. The molecule has 1 aliphatic heterocycles. The van der Waals surface area contributed by atoms with Crippen LogP contribution in [0.15, 0.2) is 18.2 Å². The van der Waals surface area contributed by atoms with Gasteiger partial charge in [0.2, 0.25) is 5.91 Å². The quantitative estimate of drug-likeness (QED) is 0.861. The SMILES string of the molecule is CC(C)C(=O)N1CCC=C(c2cc(Cl)c3cc(C(=O)N(C)C)[nH]c3c2F)C1. The van der Waals surface area contributed by atoms with Gasteiger partial charge in [-0.05, 0) is 24.1 Å². The maximum Gasteiger partial charge on any atom is 0.269 e. The fourth-order valence-electron chi connectivity index (χ4n) is 3.30. The number of amides is 2. The topological polar surface area (TPSA) is 56.4 Å². The summed E-state index contributed by atoms with van der Waals surface area (Å²) in [7, 11) is 3.26. The van der Waals surface area contributed by atoms with Gasteiger partial charge in [-0.25, -0.2) is 4.39 Å². The number of nitrogens with zero attached hydrogens (tertiary/aromatic N) is 2. The van der Waals surface area contributed by atoms with Crippen LogP contribution in [0.25, 0.3) is 16.5 Å². The zero-order valence-electron chi connectivity index (χ0n) is 15.9. The van der Waals surface area contributed by atoms with Crippen molar-refractivity contribution in [3.05, 3.63) is 40.3 Å². The second-order valence-corrected chi connectivity index (χ2v) is 7.73. The molecule has 27 heavy (non-hydrogen) atoms. The molecule has 5 nitrogen and oxygen atoms in total. The predicted molar refractivity (Wildman–Crippen MR) is 105 cm³/mol. The average Bonchev–Trinajstić information content (AvgIpc) is 3.09. The van der Waals surface area contributed by atoms with Gasteiger partial charge >= 0.3 is 0 Å². The Morgan fingerprint density at radius 2 is 2.00 bits per heavy atom. The number of aromatic amines is 1. The van der Waals surface area contributed by atoms with Crippen LogP contribution in [-0.2, 0) is 4.79 Å². The van der Waals surface area contributed by atoms with E-state index in [2.05, 4.69) is 4.98 Å². The molecule has 0 radical (unpaired) electrons. The van der Waals surface area contributed by atoms with Crippen molar-refractivity contribution in [2.24, 2.45) is 5.92 Å². The van der Waals surface area contributed by atoms with E-state index in [-0.39, 0.29) is 28.9 Å². The number of halogens is 2. The molecular formula is C20H23ClFN3O2. The van der Waals surface area contributed by atoms with Gasteiger partial charge in [0, 0.05) is 44.1 Å². The molecular weight excluding hydrogens is 369 g/mol. The number of rotatable bonds is 3. The Hall–Kier alpha value is -2.34. The minimum atomic E-state index is -0.461. The van der Waals surface area contributed by atoms with E-state index >= 15 is 4.39 Å². The Bertz CT molecular complexity index is 946. The third-order valence-electron chi connectivity index (χ3n) is 4.74. The van der Waals surface area contributed by atoms with Crippen molar-refractivity contribution in [2.45, 2.75) is 20.3 Å². The van der Waals surface area contributed by atoms with Crippen molar-refractivity contribution in [2.75, 3.05) is 27.2 Å². The van der Waals surface area contributed by atoms with Gasteiger partial charge < -0.3 is 14.8 Å². The van der Waals surface area contributed by atoms with Crippen molar-refractivity contribution >= 4 is 39.9 Å². The van der Waals surface area contributed by atoms with Crippen LogP contribution in [0.2, 0.25) is 5.02 Å². The zero-order chi connectivity index (χ0) is 19.9. The van der Waals surface area contributed by atoms with Crippen LogP contribution in [0.4, 0.5) is 4.39 Å². The van der Waals surface area contributed by atoms with E-state index in [1.165, 1.54) is 4.90 Å². The first-order chi connectivity index (χ1) is 12.7. The van der Waals surface area contributed by atoms with Crippen molar-refractivity contribution in [3.63, 3.8) is 0 Å². The molecule has 0 saturated carbocycles. The molecule has 0 atom stereocenters. The maximum atomic E-state index is 15.2. The highest BCUT2D eigenvalue weighted by Gasteiger charge is 2.25. The van der Waals surface area contributed by atoms with Crippen LogP contribution < -0.4 is 0 Å². The Balaban J connectivity index is 2.03. The lowest BCUT2D eigenvalue weighted by Crippen LogP contribution is -2.38. The van der Waals surface area contributed by atoms with Crippen molar-refractivity contribution < 1.29 is 14.0 Å². The van der Waals surface area contributed by atoms with Crippen LogP contribution in [0.3, 0.4) is 0 Å². The van der Waals surface area contributed by atoms with Crippen LogP contribution in [-0.4, -0.2) is 53.8 Å². The number of carbonyl (C=O) groups excluding carboxylic acids is 2. The number of hydrogen-bond acceptors (Lipinski definition) is 2. The van der Waals surface area contributed by atoms with Crippen LogP contribution in [0.5, 0.6) is 0 Å². The molecule has 144 valence electrons. The molecule has 0 fully saturated rings. The molecule has 2 amide bonds. The number of nitrogens with one attached hydrogen (secondary N) is 1. The lowest BCUT2D eigenvalue weighted by Gasteiger charge is -2.29. The van der Waals surface area contributed by atoms with Crippen LogP contribution >= 0.6 is 11.6 Å². The summed E-state index contributed by atoms with van der Waals surface area (Å²) < 4.78 is 15.2. The van der Waals surface area contributed by atoms with E-state index in [4.69, 9.17) is 11.6 Å². The van der Waals surface area contributed by atoms with E-state index < -0.39 is 5.82 Å². The lowest BCUT2D eigenvalue weighted by atomic mass is 9.98. The number of carbonyl (C=O) groups is 2. The summed E-state index contributed by atoms with van der Waals surface area (Å²) in [4.78, 5) is 30.5. The van der Waals surface area contributed by atoms with Gasteiger partial charge in [-0.2, -0.15) is 0 Å². The van der Waals surface area contributed by atoms with Gasteiger partial charge in [0.25, 0.3) is 5.91 Å². The van der Waals surface area contributed by atoms with Crippen LogP contribution in [0, 0.1) is 11.7 Å². The van der Waals surface area contributed by atoms with Gasteiger partial charge in [-0.1, -0.05) is 31.5 Å². The molecule has 1 aliphatic rings. The van der Waals surface area contributed by atoms with E-state index in [0.29, 0.717) is 35.5 Å². The zero-order valence-corrected chi connectivity index (χ0v) is 16.7. The van der Waals surface area contributed by atoms with Gasteiger partial charge in [-0.3, -0.25) is 9.59 Å². The molecule has 0 aliphatic carbocycles. The fourth-order valence-corrected chi connectivity index (χ4v) is 3.56. The minimum absolute atomic E-state index is 0.0481. The molecule has 1 aromatic carbocycles. The Morgan fingerprint density at radius 3 is 2.63 bits per heavy atom. The maximum absolute atomic E-state index is 15.2. The molecule has 3 rings (SSSR count). The number of aromatic nitrogens is 1. The van der Waals surface area contributed by atoms with Gasteiger partial charge in [-0.15, -0.1) is 0 Å². The first kappa shape index (κ1) is 19.4. The molecule has 0 saturated heterocycles. The van der Waals surface area contributed by atoms with Gasteiger partial charge in [0.15, 0.2) is 5.82 Å². The third kappa shape index (κ3) is 3.58. The average molecular weight is 392 g/mol. The van der Waals surface area contributed by atoms with E-state index in [1.54, 1.807) is 31.1 Å². The second kappa shape index (κ2) is 7.35. The monoisotopic (exact) mass is 391 g/mol. The molecule has 0 bridgehead atoms. The summed E-state index contributed by atoms with van der Waals surface area (Å²) in [5, 5.41) is 0.832. The third-order valence-corrected chi connectivity index (χ3v) is 5.05. The fraction of sp³-hybridized carbons (Fsp3) is 0.400. The normalized spacial score (nSPS) is 14.6. The predicted octanol–water partition coefficient (Wildman–Crippen LogP) is 3.93. The first-order valence-corrected chi connectivity index (χ1v) is 9.29. The molecule has 0 spiro atoms. The Morgan fingerprint density at radius 1 is 1.30 bits per heavy atom. The standard InChI is InChI=1S/C20H23ClFN3O2/c1-11(2)19(26)25-7-5-6-12(10-25)13-8-15(21)14-9-16(20(27)24(3)4)23-18(14)17(13)22/h6,8-9,11,23H,5,7,10H2,1-4H3. The summed E-state index contributed by atoms with van der Waals surface area (Å²) >= 11 is 6.38. The molecule has 0 unspecified atom stereocenters. The Kier molecular flexibility index (Phi) is 5.29. The molecule has 1 N–H and O–H groups in total. The molecule has 2 aromatic rings. The van der Waals surface area contributed by atoms with Crippen molar-refractivity contribution in [1.82, 2.24) is 14.8 Å². The molecule has 1 aromatic heterocycles. The van der Waals surface area contributed by atoms with Gasteiger partial charge in [0.05, 0.1) is 10.5 Å². The number of benzene rings is 1. The number of hydrogen-bond donors (Lipinski definition) is 1. The van der Waals surface area contributed by atoms with E-state index in [9.17, 15) is 9.59 Å². The second-order valence-electron chi connectivity index (χ2n) is 7.32. The summed E-state index contributed by atoms with van der Waals surface area (Å²) in [5.41, 5.74) is 1.57. The molecule has 2 heterocycles. The minimum Gasteiger partial charge on any atom is -0.348 e. The van der Waals surface area contributed by atoms with E-state index in [1.807, 2.05) is 19.9 Å². The summed E-state index contributed by atoms with van der Waals surface area (Å²) in [6.07, 6.45) is 2.61. The number of fused-ring (bicyclic) bond motifs is 1. The molecule has 7 heteroatoms. The van der Waals surface area contributed by atoms with Crippen LogP contribution in [0.1, 0.15) is 36.3 Å². The summed E-state index contributed by atoms with van der Waals surface area (Å²) in [5.74, 6) is -0.777. The highest BCUT2D eigenvalue weighted by atomic mass is 35.5. The smallest absolute Gasteiger partial charge is 0.269 e. The summed E-state index contributed by atoms with van der Waals surface area (Å²) in [6, 6.07) is 3.14. The van der Waals surface area contributed by atoms with Crippen molar-refractivity contribution in [3.8, 4) is 0 Å². The van der Waals surface area contributed by atoms with Crippen molar-refractivity contribution in [1.29, 1.82) is 0 Å². The Labute approximate surface area is 162 Å². The van der Waals surface area contributed by atoms with Gasteiger partial charge in [0.1, 0.15) is 5.69 Å². The highest BCUT2D eigenvalue weighted by Crippen LogP contribution is 2.34. The van der Waals surface area contributed by atoms with E-state index in [0.717, 1.165) is 5.57 Å². The summed E-state index contributed by atoms with van der Waals surface area (Å²) in [6.45, 7) is 4.68. The first-order valence-electron chi connectivity index (χ1n) is 8.91. The highest BCUT2D eigenvalue weighted by molar-refractivity contribution is 6.36. The lowest BCUT2D eigenvalue weighted by molar-refractivity contribution is -0.133. The number of H-pyrrole nitrogens is 1.